The van der Waals surface area contributed by atoms with E-state index in [2.05, 4.69) is 0 Å². The molecule has 2 rings (SSSR count). The normalized spacial score (nSPS) is 15.8. The fourth-order valence-corrected chi connectivity index (χ4v) is 1.80. The lowest BCUT2D eigenvalue weighted by molar-refractivity contribution is -0.117. The van der Waals surface area contributed by atoms with Gasteiger partial charge in [0.15, 0.2) is 5.78 Å². The van der Waals surface area contributed by atoms with Crippen molar-refractivity contribution >= 4 is 17.4 Å². The van der Waals surface area contributed by atoms with Crippen LogP contribution in [-0.4, -0.2) is 18.2 Å². The molecule has 3 nitrogen and oxygen atoms in total. The summed E-state index contributed by atoms with van der Waals surface area (Å²) in [5, 5.41) is 0. The second kappa shape index (κ2) is 3.85. The van der Waals surface area contributed by atoms with Crippen LogP contribution in [-0.2, 0) is 4.79 Å². The van der Waals surface area contributed by atoms with Crippen molar-refractivity contribution in [3.05, 3.63) is 29.8 Å². The molecular weight excluding hydrogens is 190 g/mol. The third-order valence-electron chi connectivity index (χ3n) is 2.66. The maximum Gasteiger partial charge on any atom is 0.227 e. The van der Waals surface area contributed by atoms with Gasteiger partial charge in [0.1, 0.15) is 0 Å². The number of anilines is 1. The summed E-state index contributed by atoms with van der Waals surface area (Å²) in [5.74, 6) is 0.222. The molecule has 1 saturated heterocycles. The van der Waals surface area contributed by atoms with Crippen LogP contribution in [0.15, 0.2) is 24.3 Å². The molecule has 15 heavy (non-hydrogen) atoms. The smallest absolute Gasteiger partial charge is 0.227 e. The van der Waals surface area contributed by atoms with Crippen LogP contribution in [0.2, 0.25) is 0 Å². The van der Waals surface area contributed by atoms with Crippen LogP contribution < -0.4 is 4.90 Å². The molecule has 1 aliphatic heterocycles. The van der Waals surface area contributed by atoms with Crippen LogP contribution >= 0.6 is 0 Å². The Morgan fingerprint density at radius 2 is 1.93 bits per heavy atom. The van der Waals surface area contributed by atoms with E-state index >= 15 is 0 Å². The molecule has 0 unspecified atom stereocenters. The largest absolute Gasteiger partial charge is 0.312 e. The summed E-state index contributed by atoms with van der Waals surface area (Å²) in [6, 6.07) is 7.20. The van der Waals surface area contributed by atoms with Gasteiger partial charge in [-0.3, -0.25) is 9.59 Å². The zero-order valence-electron chi connectivity index (χ0n) is 8.69. The highest BCUT2D eigenvalue weighted by Crippen LogP contribution is 2.21. The Morgan fingerprint density at radius 1 is 1.27 bits per heavy atom. The van der Waals surface area contributed by atoms with Crippen molar-refractivity contribution in [1.29, 1.82) is 0 Å². The van der Waals surface area contributed by atoms with Crippen molar-refractivity contribution in [2.24, 2.45) is 0 Å². The molecule has 1 aromatic rings. The first kappa shape index (κ1) is 9.90. The summed E-state index contributed by atoms with van der Waals surface area (Å²) in [5.41, 5.74) is 1.58. The molecular formula is C12H13NO2. The van der Waals surface area contributed by atoms with Gasteiger partial charge in [-0.1, -0.05) is 0 Å². The highest BCUT2D eigenvalue weighted by molar-refractivity contribution is 5.97. The molecule has 0 radical (unpaired) electrons. The zero-order valence-corrected chi connectivity index (χ0v) is 8.69. The standard InChI is InChI=1S/C12H13NO2/c1-9(14)10-4-6-11(7-5-10)13-8-2-3-12(13)15/h4-7H,2-3,8H2,1H3. The minimum atomic E-state index is 0.0503. The van der Waals surface area contributed by atoms with E-state index in [1.807, 2.05) is 12.1 Å². The summed E-state index contributed by atoms with van der Waals surface area (Å²) in [6.45, 7) is 2.33. The van der Waals surface area contributed by atoms with Gasteiger partial charge in [-0.25, -0.2) is 0 Å². The van der Waals surface area contributed by atoms with E-state index in [1.165, 1.54) is 6.92 Å². The van der Waals surface area contributed by atoms with Crippen molar-refractivity contribution in [3.63, 3.8) is 0 Å². The summed E-state index contributed by atoms with van der Waals surface area (Å²) in [7, 11) is 0. The predicted octanol–water partition coefficient (Wildman–Crippen LogP) is 2.02. The molecule has 0 aliphatic carbocycles. The summed E-state index contributed by atoms with van der Waals surface area (Å²) in [6.07, 6.45) is 1.56. The third kappa shape index (κ3) is 1.91. The third-order valence-corrected chi connectivity index (χ3v) is 2.66. The van der Waals surface area contributed by atoms with E-state index < -0.39 is 0 Å². The average molecular weight is 203 g/mol. The molecule has 78 valence electrons. The van der Waals surface area contributed by atoms with Crippen LogP contribution in [0, 0.1) is 0 Å². The predicted molar refractivity (Wildman–Crippen MR) is 58.0 cm³/mol. The van der Waals surface area contributed by atoms with Gasteiger partial charge in [-0.2, -0.15) is 0 Å². The maximum absolute atomic E-state index is 11.5. The molecule has 0 saturated carbocycles. The van der Waals surface area contributed by atoms with Gasteiger partial charge >= 0.3 is 0 Å². The Kier molecular flexibility index (Phi) is 2.54. The quantitative estimate of drug-likeness (QED) is 0.689. The Bertz CT molecular complexity index is 395. The maximum atomic E-state index is 11.5. The van der Waals surface area contributed by atoms with Crippen LogP contribution in [0.4, 0.5) is 5.69 Å². The Balaban J connectivity index is 2.23. The second-order valence-corrected chi connectivity index (χ2v) is 3.75. The highest BCUT2D eigenvalue weighted by Gasteiger charge is 2.21. The molecule has 1 heterocycles. The fraction of sp³-hybridized carbons (Fsp3) is 0.333. The minimum absolute atomic E-state index is 0.0503. The van der Waals surface area contributed by atoms with Crippen molar-refractivity contribution in [3.8, 4) is 0 Å². The first-order chi connectivity index (χ1) is 7.18. The summed E-state index contributed by atoms with van der Waals surface area (Å²) < 4.78 is 0. The van der Waals surface area contributed by atoms with Crippen LogP contribution in [0.25, 0.3) is 0 Å². The number of hydrogen-bond donors (Lipinski definition) is 0. The number of Topliss-reactive ketones (excluding diaryl/α,β-unsaturated/α-hetero) is 1. The summed E-state index contributed by atoms with van der Waals surface area (Å²) >= 11 is 0. The first-order valence-corrected chi connectivity index (χ1v) is 5.10. The van der Waals surface area contributed by atoms with E-state index in [0.29, 0.717) is 12.0 Å². The van der Waals surface area contributed by atoms with E-state index in [-0.39, 0.29) is 11.7 Å². The molecule has 0 atom stereocenters. The van der Waals surface area contributed by atoms with Crippen LogP contribution in [0.1, 0.15) is 30.1 Å². The second-order valence-electron chi connectivity index (χ2n) is 3.75. The fourth-order valence-electron chi connectivity index (χ4n) is 1.80. The van der Waals surface area contributed by atoms with E-state index in [4.69, 9.17) is 0 Å². The number of hydrogen-bond acceptors (Lipinski definition) is 2. The first-order valence-electron chi connectivity index (χ1n) is 5.10. The highest BCUT2D eigenvalue weighted by atomic mass is 16.2. The van der Waals surface area contributed by atoms with Crippen molar-refractivity contribution in [2.45, 2.75) is 19.8 Å². The van der Waals surface area contributed by atoms with Crippen molar-refractivity contribution in [2.75, 3.05) is 11.4 Å². The SMILES string of the molecule is CC(=O)c1ccc(N2CCCC2=O)cc1. The molecule has 0 N–H and O–H groups in total. The van der Waals surface area contributed by atoms with Crippen LogP contribution in [0.3, 0.4) is 0 Å². The van der Waals surface area contributed by atoms with Gasteiger partial charge < -0.3 is 4.90 Å². The van der Waals surface area contributed by atoms with Gasteiger partial charge in [0.05, 0.1) is 0 Å². The molecule has 1 fully saturated rings. The summed E-state index contributed by atoms with van der Waals surface area (Å²) in [4.78, 5) is 24.3. The number of carbonyl (C=O) groups is 2. The lowest BCUT2D eigenvalue weighted by Crippen LogP contribution is -2.23. The average Bonchev–Trinajstić information content (AvgIpc) is 2.65. The zero-order chi connectivity index (χ0) is 10.8. The van der Waals surface area contributed by atoms with Crippen molar-refractivity contribution in [1.82, 2.24) is 0 Å². The minimum Gasteiger partial charge on any atom is -0.312 e. The molecule has 1 aliphatic rings. The van der Waals surface area contributed by atoms with E-state index in [0.717, 1.165) is 18.7 Å². The number of ketones is 1. The van der Waals surface area contributed by atoms with E-state index in [9.17, 15) is 9.59 Å². The van der Waals surface area contributed by atoms with Gasteiger partial charge in [-0.05, 0) is 37.6 Å². The molecule has 0 bridgehead atoms. The molecule has 1 amide bonds. The molecule has 0 spiro atoms. The van der Waals surface area contributed by atoms with Crippen LogP contribution in [0.5, 0.6) is 0 Å². The lowest BCUT2D eigenvalue weighted by Gasteiger charge is -2.15. The number of amides is 1. The monoisotopic (exact) mass is 203 g/mol. The molecule has 3 heteroatoms. The number of benzene rings is 1. The van der Waals surface area contributed by atoms with Crippen molar-refractivity contribution < 1.29 is 9.59 Å². The van der Waals surface area contributed by atoms with E-state index in [1.54, 1.807) is 17.0 Å². The Labute approximate surface area is 88.7 Å². The molecule has 1 aromatic carbocycles. The number of carbonyl (C=O) groups excluding carboxylic acids is 2. The topological polar surface area (TPSA) is 37.4 Å². The van der Waals surface area contributed by atoms with Gasteiger partial charge in [0.2, 0.25) is 5.91 Å². The number of nitrogens with zero attached hydrogens (tertiary/aromatic N) is 1. The van der Waals surface area contributed by atoms with Gasteiger partial charge in [0.25, 0.3) is 0 Å². The van der Waals surface area contributed by atoms with Gasteiger partial charge in [-0.15, -0.1) is 0 Å². The number of rotatable bonds is 2. The Morgan fingerprint density at radius 3 is 2.40 bits per heavy atom. The Hall–Kier alpha value is -1.64. The molecule has 0 aromatic heterocycles. The van der Waals surface area contributed by atoms with Gasteiger partial charge in [0, 0.05) is 24.2 Å². The lowest BCUT2D eigenvalue weighted by atomic mass is 10.1.